The Morgan fingerprint density at radius 2 is 2.14 bits per heavy atom. The third-order valence-electron chi connectivity index (χ3n) is 3.53. The van der Waals surface area contributed by atoms with Crippen LogP contribution < -0.4 is 5.73 Å². The maximum absolute atomic E-state index is 13.9. The Labute approximate surface area is 126 Å². The van der Waals surface area contributed by atoms with Crippen LogP contribution in [0.4, 0.5) is 10.2 Å². The second kappa shape index (κ2) is 4.99. The van der Waals surface area contributed by atoms with E-state index in [-0.39, 0.29) is 23.1 Å². The molecule has 0 aliphatic carbocycles. The lowest BCUT2D eigenvalue weighted by Crippen LogP contribution is -2.14. The van der Waals surface area contributed by atoms with Gasteiger partial charge in [-0.3, -0.25) is 0 Å². The molecule has 1 atom stereocenters. The molecule has 5 nitrogen and oxygen atoms in total. The predicted octanol–water partition coefficient (Wildman–Crippen LogP) is 2.28. The van der Waals surface area contributed by atoms with Crippen molar-refractivity contribution in [1.82, 2.24) is 9.78 Å². The van der Waals surface area contributed by atoms with Crippen LogP contribution in [-0.2, 0) is 9.84 Å². The molecular weight excluding hydrogens is 317 g/mol. The number of nitrogens with two attached hydrogens (primary N) is 1. The highest BCUT2D eigenvalue weighted by atomic mass is 35.5. The fourth-order valence-corrected chi connectivity index (χ4v) is 4.35. The van der Waals surface area contributed by atoms with Gasteiger partial charge in [-0.1, -0.05) is 11.6 Å². The van der Waals surface area contributed by atoms with Crippen LogP contribution in [0.15, 0.2) is 24.3 Å². The smallest absolute Gasteiger partial charge is 0.152 e. The molecule has 0 bridgehead atoms. The van der Waals surface area contributed by atoms with Crippen molar-refractivity contribution in [2.24, 2.45) is 0 Å². The van der Waals surface area contributed by atoms with Gasteiger partial charge in [0.1, 0.15) is 11.6 Å². The molecule has 0 radical (unpaired) electrons. The maximum atomic E-state index is 13.9. The molecule has 2 heterocycles. The van der Waals surface area contributed by atoms with Crippen LogP contribution in [0.1, 0.15) is 12.5 Å². The van der Waals surface area contributed by atoms with E-state index in [1.165, 1.54) is 22.9 Å². The largest absolute Gasteiger partial charge is 0.384 e. The van der Waals surface area contributed by atoms with Gasteiger partial charge in [-0.25, -0.2) is 17.5 Å². The van der Waals surface area contributed by atoms with Gasteiger partial charge in [-0.2, -0.15) is 5.10 Å². The molecule has 1 fully saturated rings. The average molecular weight is 330 g/mol. The molecule has 1 aromatic carbocycles. The number of nitrogen functional groups attached to an aromatic ring is 1. The van der Waals surface area contributed by atoms with Crippen molar-refractivity contribution < 1.29 is 12.8 Å². The van der Waals surface area contributed by atoms with E-state index in [4.69, 9.17) is 17.3 Å². The molecule has 1 saturated heterocycles. The summed E-state index contributed by atoms with van der Waals surface area (Å²) >= 11 is 5.72. The molecular formula is C13H13ClFN3O2S. The third-order valence-corrected chi connectivity index (χ3v) is 5.51. The Hall–Kier alpha value is -1.60. The van der Waals surface area contributed by atoms with E-state index < -0.39 is 15.7 Å². The van der Waals surface area contributed by atoms with Crippen molar-refractivity contribution in [2.45, 2.75) is 12.5 Å². The Morgan fingerprint density at radius 1 is 1.38 bits per heavy atom. The van der Waals surface area contributed by atoms with Crippen molar-refractivity contribution >= 4 is 27.3 Å². The van der Waals surface area contributed by atoms with Gasteiger partial charge in [-0.05, 0) is 24.6 Å². The summed E-state index contributed by atoms with van der Waals surface area (Å²) in [5.41, 5.74) is 6.53. The van der Waals surface area contributed by atoms with E-state index in [0.29, 0.717) is 23.0 Å². The second-order valence-corrected chi connectivity index (χ2v) is 7.75. The second-order valence-electron chi connectivity index (χ2n) is 5.08. The minimum Gasteiger partial charge on any atom is -0.384 e. The van der Waals surface area contributed by atoms with E-state index in [0.717, 1.165) is 0 Å². The number of hydrogen-bond donors (Lipinski definition) is 1. The van der Waals surface area contributed by atoms with Gasteiger partial charge in [0.05, 0.1) is 23.2 Å². The summed E-state index contributed by atoms with van der Waals surface area (Å²) in [6.07, 6.45) is 0.469. The summed E-state index contributed by atoms with van der Waals surface area (Å²) in [5.74, 6) is -0.0316. The van der Waals surface area contributed by atoms with Crippen LogP contribution in [0.5, 0.6) is 0 Å². The first kappa shape index (κ1) is 14.3. The Bertz CT molecular complexity index is 804. The van der Waals surface area contributed by atoms with E-state index >= 15 is 0 Å². The van der Waals surface area contributed by atoms with Crippen LogP contribution in [-0.4, -0.2) is 29.7 Å². The van der Waals surface area contributed by atoms with E-state index in [2.05, 4.69) is 5.10 Å². The fraction of sp³-hybridized carbons (Fsp3) is 0.308. The number of anilines is 1. The van der Waals surface area contributed by atoms with Crippen molar-refractivity contribution in [3.05, 3.63) is 35.1 Å². The summed E-state index contributed by atoms with van der Waals surface area (Å²) in [6.45, 7) is 0. The third kappa shape index (κ3) is 2.75. The van der Waals surface area contributed by atoms with Gasteiger partial charge in [0.2, 0.25) is 0 Å². The highest BCUT2D eigenvalue weighted by Crippen LogP contribution is 2.30. The first-order valence-corrected chi connectivity index (χ1v) is 8.56. The van der Waals surface area contributed by atoms with Gasteiger partial charge in [0, 0.05) is 16.7 Å². The molecule has 21 heavy (non-hydrogen) atoms. The average Bonchev–Trinajstić information content (AvgIpc) is 2.92. The van der Waals surface area contributed by atoms with Crippen LogP contribution in [0, 0.1) is 5.82 Å². The molecule has 0 amide bonds. The Balaban J connectivity index is 1.98. The highest BCUT2D eigenvalue weighted by Gasteiger charge is 2.31. The number of halogens is 2. The van der Waals surface area contributed by atoms with Gasteiger partial charge >= 0.3 is 0 Å². The first-order valence-electron chi connectivity index (χ1n) is 6.36. The molecule has 1 aromatic heterocycles. The summed E-state index contributed by atoms with van der Waals surface area (Å²) in [6, 6.07) is 5.53. The zero-order valence-corrected chi connectivity index (χ0v) is 12.5. The molecule has 0 spiro atoms. The van der Waals surface area contributed by atoms with Crippen molar-refractivity contribution in [3.8, 4) is 11.3 Å². The number of benzene rings is 1. The lowest BCUT2D eigenvalue weighted by atomic mass is 10.1. The van der Waals surface area contributed by atoms with Crippen molar-refractivity contribution in [3.63, 3.8) is 0 Å². The molecule has 0 saturated carbocycles. The zero-order chi connectivity index (χ0) is 15.2. The van der Waals surface area contributed by atoms with Gasteiger partial charge in [0.25, 0.3) is 0 Å². The number of hydrogen-bond acceptors (Lipinski definition) is 4. The fourth-order valence-electron chi connectivity index (χ4n) is 2.50. The molecule has 3 rings (SSSR count). The first-order chi connectivity index (χ1) is 9.85. The quantitative estimate of drug-likeness (QED) is 0.917. The molecule has 112 valence electrons. The highest BCUT2D eigenvalue weighted by molar-refractivity contribution is 7.91. The molecule has 1 unspecified atom stereocenters. The number of aromatic nitrogens is 2. The lowest BCUT2D eigenvalue weighted by Gasteiger charge is -2.10. The van der Waals surface area contributed by atoms with E-state index in [1.807, 2.05) is 0 Å². The normalized spacial score (nSPS) is 20.8. The Kier molecular flexibility index (Phi) is 3.41. The topological polar surface area (TPSA) is 78.0 Å². The molecule has 1 aliphatic rings. The number of sulfone groups is 1. The SMILES string of the molecule is Nc1cc(-c2ccc(Cl)cc2F)nn1C1CCS(=O)(=O)C1. The summed E-state index contributed by atoms with van der Waals surface area (Å²) in [4.78, 5) is 0. The molecule has 1 aliphatic heterocycles. The lowest BCUT2D eigenvalue weighted by molar-refractivity contribution is 0.507. The van der Waals surface area contributed by atoms with Gasteiger partial charge < -0.3 is 5.73 Å². The van der Waals surface area contributed by atoms with Gasteiger partial charge in [0.15, 0.2) is 9.84 Å². The van der Waals surface area contributed by atoms with Crippen LogP contribution in [0.3, 0.4) is 0 Å². The van der Waals surface area contributed by atoms with Gasteiger partial charge in [-0.15, -0.1) is 0 Å². The standard InChI is InChI=1S/C13H13ClFN3O2S/c14-8-1-2-10(11(15)5-8)12-6-13(16)18(17-12)9-3-4-21(19,20)7-9/h1-2,5-6,9H,3-4,7,16H2. The molecule has 2 aromatic rings. The minimum absolute atomic E-state index is 0.0153. The number of nitrogens with zero attached hydrogens (tertiary/aromatic N) is 2. The zero-order valence-electron chi connectivity index (χ0n) is 11.0. The molecule has 2 N–H and O–H groups in total. The summed E-state index contributed by atoms with van der Waals surface area (Å²) < 4.78 is 38.4. The molecule has 8 heteroatoms. The maximum Gasteiger partial charge on any atom is 0.152 e. The van der Waals surface area contributed by atoms with Crippen LogP contribution in [0.25, 0.3) is 11.3 Å². The van der Waals surface area contributed by atoms with Crippen LogP contribution in [0.2, 0.25) is 5.02 Å². The van der Waals surface area contributed by atoms with E-state index in [1.54, 1.807) is 6.07 Å². The van der Waals surface area contributed by atoms with Crippen molar-refractivity contribution in [1.29, 1.82) is 0 Å². The predicted molar refractivity (Wildman–Crippen MR) is 79.4 cm³/mol. The minimum atomic E-state index is -3.04. The van der Waals surface area contributed by atoms with Crippen molar-refractivity contribution in [2.75, 3.05) is 17.2 Å². The summed E-state index contributed by atoms with van der Waals surface area (Å²) in [7, 11) is -3.04. The Morgan fingerprint density at radius 3 is 2.76 bits per heavy atom. The monoisotopic (exact) mass is 329 g/mol. The van der Waals surface area contributed by atoms with E-state index in [9.17, 15) is 12.8 Å². The summed E-state index contributed by atoms with van der Waals surface area (Å²) in [5, 5.41) is 4.56. The number of rotatable bonds is 2. The van der Waals surface area contributed by atoms with Crippen LogP contribution >= 0.6 is 11.6 Å².